The van der Waals surface area contributed by atoms with Crippen molar-refractivity contribution in [3.05, 3.63) is 65.2 Å². The van der Waals surface area contributed by atoms with Crippen LogP contribution in [0.2, 0.25) is 0 Å². The zero-order valence-electron chi connectivity index (χ0n) is 20.2. The van der Waals surface area contributed by atoms with Crippen LogP contribution in [0.15, 0.2) is 48.5 Å². The van der Waals surface area contributed by atoms with Crippen molar-refractivity contribution >= 4 is 27.5 Å². The van der Waals surface area contributed by atoms with Gasteiger partial charge < -0.3 is 10.2 Å². The SMILES string of the molecule is CCNC(=O)[C@@H](C)N(Cc1ccccc1C)C(=O)CCCN(c1ccc(C)cc1)S(C)(=O)=O. The lowest BCUT2D eigenvalue weighted by Crippen LogP contribution is -2.47. The van der Waals surface area contributed by atoms with Gasteiger partial charge in [-0.3, -0.25) is 13.9 Å². The Morgan fingerprint density at radius 1 is 1.03 bits per heavy atom. The number of hydrogen-bond donors (Lipinski definition) is 1. The van der Waals surface area contributed by atoms with Crippen molar-refractivity contribution in [2.75, 3.05) is 23.7 Å². The summed E-state index contributed by atoms with van der Waals surface area (Å²) in [5, 5.41) is 2.78. The molecule has 1 N–H and O–H groups in total. The van der Waals surface area contributed by atoms with Crippen molar-refractivity contribution in [1.82, 2.24) is 10.2 Å². The second-order valence-electron chi connectivity index (χ2n) is 8.29. The topological polar surface area (TPSA) is 86.8 Å². The van der Waals surface area contributed by atoms with Crippen molar-refractivity contribution < 1.29 is 18.0 Å². The van der Waals surface area contributed by atoms with Crippen molar-refractivity contribution in [3.63, 3.8) is 0 Å². The van der Waals surface area contributed by atoms with Gasteiger partial charge >= 0.3 is 0 Å². The van der Waals surface area contributed by atoms with Gasteiger partial charge in [0.05, 0.1) is 11.9 Å². The molecule has 7 nitrogen and oxygen atoms in total. The summed E-state index contributed by atoms with van der Waals surface area (Å²) < 4.78 is 26.0. The molecule has 180 valence electrons. The first-order valence-corrected chi connectivity index (χ1v) is 13.1. The molecule has 2 amide bonds. The molecule has 0 heterocycles. The van der Waals surface area contributed by atoms with E-state index in [0.717, 1.165) is 22.9 Å². The monoisotopic (exact) mass is 473 g/mol. The van der Waals surface area contributed by atoms with Gasteiger partial charge in [-0.1, -0.05) is 42.0 Å². The largest absolute Gasteiger partial charge is 0.355 e. The normalized spacial score (nSPS) is 12.2. The maximum absolute atomic E-state index is 13.2. The summed E-state index contributed by atoms with van der Waals surface area (Å²) >= 11 is 0. The van der Waals surface area contributed by atoms with Crippen LogP contribution < -0.4 is 9.62 Å². The summed E-state index contributed by atoms with van der Waals surface area (Å²) in [6.45, 7) is 8.44. The van der Waals surface area contributed by atoms with E-state index >= 15 is 0 Å². The Balaban J connectivity index is 2.15. The van der Waals surface area contributed by atoms with Crippen molar-refractivity contribution in [2.45, 2.75) is 53.1 Å². The standard InChI is InChI=1S/C25H35N3O4S/c1-6-26-25(30)21(4)27(18-22-11-8-7-10-20(22)3)24(29)12-9-17-28(33(5,31)32)23-15-13-19(2)14-16-23/h7-8,10-11,13-16,21H,6,9,12,17-18H2,1-5H3,(H,26,30)/t21-/m1/s1. The Labute approximate surface area is 197 Å². The number of nitrogens with zero attached hydrogens (tertiary/aromatic N) is 2. The molecule has 0 aliphatic carbocycles. The van der Waals surface area contributed by atoms with Crippen LogP contribution in [0.25, 0.3) is 0 Å². The van der Waals surface area contributed by atoms with E-state index in [1.165, 1.54) is 4.31 Å². The maximum atomic E-state index is 13.2. The molecule has 0 aliphatic heterocycles. The molecule has 2 aromatic rings. The van der Waals surface area contributed by atoms with Crippen LogP contribution >= 0.6 is 0 Å². The minimum absolute atomic E-state index is 0.132. The van der Waals surface area contributed by atoms with Gasteiger partial charge in [0.15, 0.2) is 0 Å². The average molecular weight is 474 g/mol. The number of carbonyl (C=O) groups is 2. The Morgan fingerprint density at radius 3 is 2.24 bits per heavy atom. The van der Waals surface area contributed by atoms with Crippen molar-refractivity contribution in [2.24, 2.45) is 0 Å². The van der Waals surface area contributed by atoms with Crippen LogP contribution in [-0.4, -0.2) is 50.5 Å². The second-order valence-corrected chi connectivity index (χ2v) is 10.2. The lowest BCUT2D eigenvalue weighted by Gasteiger charge is -2.30. The number of rotatable bonds is 11. The van der Waals surface area contributed by atoms with Crippen LogP contribution in [-0.2, 0) is 26.2 Å². The summed E-state index contributed by atoms with van der Waals surface area (Å²) in [6, 6.07) is 14.4. The quantitative estimate of drug-likeness (QED) is 0.542. The summed E-state index contributed by atoms with van der Waals surface area (Å²) in [5.41, 5.74) is 3.62. The van der Waals surface area contributed by atoms with E-state index in [-0.39, 0.29) is 24.8 Å². The number of anilines is 1. The highest BCUT2D eigenvalue weighted by molar-refractivity contribution is 7.92. The number of sulfonamides is 1. The molecular weight excluding hydrogens is 438 g/mol. The fourth-order valence-electron chi connectivity index (χ4n) is 3.59. The molecule has 0 saturated carbocycles. The molecule has 2 rings (SSSR count). The lowest BCUT2D eigenvalue weighted by atomic mass is 10.1. The number of hydrogen-bond acceptors (Lipinski definition) is 4. The number of nitrogens with one attached hydrogen (secondary N) is 1. The molecule has 0 spiro atoms. The molecule has 1 atom stereocenters. The molecule has 0 unspecified atom stereocenters. The third-order valence-electron chi connectivity index (χ3n) is 5.59. The van der Waals surface area contributed by atoms with Crippen LogP contribution in [0.3, 0.4) is 0 Å². The first-order valence-electron chi connectivity index (χ1n) is 11.2. The Kier molecular flexibility index (Phi) is 9.46. The molecule has 33 heavy (non-hydrogen) atoms. The number of carbonyl (C=O) groups excluding carboxylic acids is 2. The molecular formula is C25H35N3O4S. The van der Waals surface area contributed by atoms with E-state index in [1.54, 1.807) is 24.0 Å². The number of benzene rings is 2. The fourth-order valence-corrected chi connectivity index (χ4v) is 4.56. The van der Waals surface area contributed by atoms with Gasteiger partial charge in [-0.05, 0) is 57.4 Å². The molecule has 0 bridgehead atoms. The molecule has 0 radical (unpaired) electrons. The number of aryl methyl sites for hydroxylation is 2. The summed E-state index contributed by atoms with van der Waals surface area (Å²) in [5.74, 6) is -0.397. The summed E-state index contributed by atoms with van der Waals surface area (Å²) in [6.07, 6.45) is 1.63. The van der Waals surface area contributed by atoms with Crippen LogP contribution in [0.1, 0.15) is 43.4 Å². The molecule has 0 aliphatic rings. The predicted molar refractivity (Wildman–Crippen MR) is 132 cm³/mol. The highest BCUT2D eigenvalue weighted by Crippen LogP contribution is 2.20. The first kappa shape index (κ1) is 26.4. The van der Waals surface area contributed by atoms with Gasteiger partial charge in [-0.15, -0.1) is 0 Å². The number of likely N-dealkylation sites (N-methyl/N-ethyl adjacent to an activating group) is 1. The Hall–Kier alpha value is -2.87. The second kappa shape index (κ2) is 11.8. The van der Waals surface area contributed by atoms with Gasteiger partial charge in [-0.25, -0.2) is 8.42 Å². The minimum atomic E-state index is -3.50. The summed E-state index contributed by atoms with van der Waals surface area (Å²) in [4.78, 5) is 27.3. The Morgan fingerprint density at radius 2 is 1.67 bits per heavy atom. The maximum Gasteiger partial charge on any atom is 0.242 e. The smallest absolute Gasteiger partial charge is 0.242 e. The van der Waals surface area contributed by atoms with E-state index in [2.05, 4.69) is 5.32 Å². The molecule has 8 heteroatoms. The minimum Gasteiger partial charge on any atom is -0.355 e. The van der Waals surface area contributed by atoms with E-state index in [1.807, 2.05) is 57.2 Å². The van der Waals surface area contributed by atoms with Gasteiger partial charge in [0.1, 0.15) is 6.04 Å². The van der Waals surface area contributed by atoms with Crippen LogP contribution in [0.4, 0.5) is 5.69 Å². The zero-order chi connectivity index (χ0) is 24.6. The predicted octanol–water partition coefficient (Wildman–Crippen LogP) is 3.40. The van der Waals surface area contributed by atoms with Crippen molar-refractivity contribution in [3.8, 4) is 0 Å². The van der Waals surface area contributed by atoms with Crippen LogP contribution in [0, 0.1) is 13.8 Å². The lowest BCUT2D eigenvalue weighted by molar-refractivity contribution is -0.140. The van der Waals surface area contributed by atoms with E-state index in [4.69, 9.17) is 0 Å². The molecule has 2 aromatic carbocycles. The number of amides is 2. The summed E-state index contributed by atoms with van der Waals surface area (Å²) in [7, 11) is -3.50. The third kappa shape index (κ3) is 7.60. The van der Waals surface area contributed by atoms with E-state index in [0.29, 0.717) is 25.2 Å². The van der Waals surface area contributed by atoms with E-state index < -0.39 is 16.1 Å². The molecule has 0 saturated heterocycles. The van der Waals surface area contributed by atoms with Crippen LogP contribution in [0.5, 0.6) is 0 Å². The van der Waals surface area contributed by atoms with Gasteiger partial charge in [-0.2, -0.15) is 0 Å². The van der Waals surface area contributed by atoms with Gasteiger partial charge in [0.25, 0.3) is 0 Å². The van der Waals surface area contributed by atoms with Gasteiger partial charge in [0, 0.05) is 26.1 Å². The average Bonchev–Trinajstić information content (AvgIpc) is 2.75. The van der Waals surface area contributed by atoms with Crippen molar-refractivity contribution in [1.29, 1.82) is 0 Å². The Bertz CT molecular complexity index is 1050. The highest BCUT2D eigenvalue weighted by Gasteiger charge is 2.26. The van der Waals surface area contributed by atoms with E-state index in [9.17, 15) is 18.0 Å². The third-order valence-corrected chi connectivity index (χ3v) is 6.79. The van der Waals surface area contributed by atoms with Gasteiger partial charge in [0.2, 0.25) is 21.8 Å². The fraction of sp³-hybridized carbons (Fsp3) is 0.440. The zero-order valence-corrected chi connectivity index (χ0v) is 21.0. The molecule has 0 fully saturated rings. The highest BCUT2D eigenvalue weighted by atomic mass is 32.2. The molecule has 0 aromatic heterocycles. The first-order chi connectivity index (χ1) is 15.5.